The van der Waals surface area contributed by atoms with E-state index in [0.29, 0.717) is 12.3 Å². The maximum atomic E-state index is 11.9. The number of carbonyl (C=O) groups excluding carboxylic acids is 1. The summed E-state index contributed by atoms with van der Waals surface area (Å²) in [6.45, 7) is 0.528. The van der Waals surface area contributed by atoms with Crippen molar-refractivity contribution >= 4 is 17.7 Å². The zero-order chi connectivity index (χ0) is 15.9. The van der Waals surface area contributed by atoms with Crippen LogP contribution < -0.4 is 5.32 Å². The SMILES string of the molecule is O=C(CSc1ccncc1)NCc1ccc(-n2ccnc2)cc1. The summed E-state index contributed by atoms with van der Waals surface area (Å²) < 4.78 is 1.94. The Bertz CT molecular complexity index is 742. The molecule has 0 atom stereocenters. The predicted molar refractivity (Wildman–Crippen MR) is 90.4 cm³/mol. The molecule has 1 amide bonds. The average Bonchev–Trinajstić information content (AvgIpc) is 3.14. The lowest BCUT2D eigenvalue weighted by Crippen LogP contribution is -2.24. The van der Waals surface area contributed by atoms with Crippen LogP contribution >= 0.6 is 11.8 Å². The number of thioether (sulfide) groups is 1. The molecule has 0 radical (unpaired) electrons. The first kappa shape index (κ1) is 15.3. The minimum Gasteiger partial charge on any atom is -0.351 e. The van der Waals surface area contributed by atoms with Crippen molar-refractivity contribution in [2.75, 3.05) is 5.75 Å². The summed E-state index contributed by atoms with van der Waals surface area (Å²) in [6, 6.07) is 11.8. The molecule has 0 fully saturated rings. The van der Waals surface area contributed by atoms with E-state index in [0.717, 1.165) is 16.1 Å². The van der Waals surface area contributed by atoms with Gasteiger partial charge in [0.1, 0.15) is 0 Å². The molecule has 0 unspecified atom stereocenters. The van der Waals surface area contributed by atoms with E-state index in [-0.39, 0.29) is 5.91 Å². The first-order valence-electron chi connectivity index (χ1n) is 7.18. The maximum Gasteiger partial charge on any atom is 0.230 e. The summed E-state index contributed by atoms with van der Waals surface area (Å²) in [7, 11) is 0. The molecule has 1 N–H and O–H groups in total. The van der Waals surface area contributed by atoms with Crippen LogP contribution in [0.15, 0.2) is 72.4 Å². The van der Waals surface area contributed by atoms with Crippen molar-refractivity contribution in [2.45, 2.75) is 11.4 Å². The van der Waals surface area contributed by atoms with Crippen molar-refractivity contribution in [3.05, 3.63) is 73.1 Å². The highest BCUT2D eigenvalue weighted by Crippen LogP contribution is 2.15. The highest BCUT2D eigenvalue weighted by Gasteiger charge is 2.03. The standard InChI is InChI=1S/C17H16N4OS/c22-17(12-23-16-5-7-18-8-6-16)20-11-14-1-3-15(4-2-14)21-10-9-19-13-21/h1-10,13H,11-12H2,(H,20,22). The summed E-state index contributed by atoms with van der Waals surface area (Å²) >= 11 is 1.50. The number of aromatic nitrogens is 3. The Morgan fingerprint density at radius 3 is 2.52 bits per heavy atom. The molecule has 116 valence electrons. The maximum absolute atomic E-state index is 11.9. The molecular weight excluding hydrogens is 308 g/mol. The van der Waals surface area contributed by atoms with E-state index in [9.17, 15) is 4.79 Å². The van der Waals surface area contributed by atoms with E-state index in [1.807, 2.05) is 47.2 Å². The van der Waals surface area contributed by atoms with Crippen LogP contribution in [0.2, 0.25) is 0 Å². The topological polar surface area (TPSA) is 59.8 Å². The zero-order valence-electron chi connectivity index (χ0n) is 12.4. The van der Waals surface area contributed by atoms with Crippen LogP contribution in [-0.2, 0) is 11.3 Å². The number of hydrogen-bond acceptors (Lipinski definition) is 4. The number of nitrogens with one attached hydrogen (secondary N) is 1. The van der Waals surface area contributed by atoms with Gasteiger partial charge in [-0.1, -0.05) is 12.1 Å². The minimum atomic E-state index is 0.0190. The van der Waals surface area contributed by atoms with Crippen molar-refractivity contribution in [1.29, 1.82) is 0 Å². The number of rotatable bonds is 6. The number of benzene rings is 1. The van der Waals surface area contributed by atoms with Gasteiger partial charge in [-0.2, -0.15) is 0 Å². The normalized spacial score (nSPS) is 10.4. The average molecular weight is 324 g/mol. The highest BCUT2D eigenvalue weighted by molar-refractivity contribution is 8.00. The molecule has 0 aliphatic rings. The van der Waals surface area contributed by atoms with Gasteiger partial charge in [-0.15, -0.1) is 11.8 Å². The molecule has 2 aromatic heterocycles. The van der Waals surface area contributed by atoms with Crippen LogP contribution in [0.5, 0.6) is 0 Å². The Morgan fingerprint density at radius 2 is 1.83 bits per heavy atom. The van der Waals surface area contributed by atoms with Crippen molar-refractivity contribution in [3.63, 3.8) is 0 Å². The lowest BCUT2D eigenvalue weighted by molar-refractivity contribution is -0.118. The van der Waals surface area contributed by atoms with Crippen molar-refractivity contribution in [3.8, 4) is 5.69 Å². The van der Waals surface area contributed by atoms with Gasteiger partial charge in [-0.25, -0.2) is 4.98 Å². The zero-order valence-corrected chi connectivity index (χ0v) is 13.2. The minimum absolute atomic E-state index is 0.0190. The Balaban J connectivity index is 1.47. The Kier molecular flexibility index (Phi) is 5.06. The van der Waals surface area contributed by atoms with Crippen molar-refractivity contribution in [2.24, 2.45) is 0 Å². The molecule has 3 rings (SSSR count). The number of nitrogens with zero attached hydrogens (tertiary/aromatic N) is 3. The third kappa shape index (κ3) is 4.43. The van der Waals surface area contributed by atoms with Crippen LogP contribution in [0.3, 0.4) is 0 Å². The molecule has 1 aromatic carbocycles. The predicted octanol–water partition coefficient (Wildman–Crippen LogP) is 2.68. The van der Waals surface area contributed by atoms with E-state index < -0.39 is 0 Å². The Hall–Kier alpha value is -2.60. The fourth-order valence-corrected chi connectivity index (χ4v) is 2.75. The van der Waals surface area contributed by atoms with Crippen LogP contribution in [-0.4, -0.2) is 26.2 Å². The van der Waals surface area contributed by atoms with Crippen LogP contribution in [0, 0.1) is 0 Å². The molecule has 0 aliphatic carbocycles. The van der Waals surface area contributed by atoms with E-state index in [1.165, 1.54) is 11.8 Å². The van der Waals surface area contributed by atoms with Crippen molar-refractivity contribution in [1.82, 2.24) is 19.9 Å². The molecule has 6 heteroatoms. The highest BCUT2D eigenvalue weighted by atomic mass is 32.2. The number of amides is 1. The van der Waals surface area contributed by atoms with E-state index in [1.54, 1.807) is 24.9 Å². The van der Waals surface area contributed by atoms with E-state index in [4.69, 9.17) is 0 Å². The Labute approximate surface area is 138 Å². The van der Waals surface area contributed by atoms with Gasteiger partial charge in [0, 0.05) is 41.9 Å². The number of pyridine rings is 1. The third-order valence-corrected chi connectivity index (χ3v) is 4.26. The summed E-state index contributed by atoms with van der Waals surface area (Å²) in [5.41, 5.74) is 2.11. The fraction of sp³-hybridized carbons (Fsp3) is 0.118. The summed E-state index contributed by atoms with van der Waals surface area (Å²) in [5.74, 6) is 0.419. The van der Waals surface area contributed by atoms with Crippen molar-refractivity contribution < 1.29 is 4.79 Å². The fourth-order valence-electron chi connectivity index (χ4n) is 2.03. The van der Waals surface area contributed by atoms with Gasteiger partial charge in [0.15, 0.2) is 0 Å². The second-order valence-electron chi connectivity index (χ2n) is 4.88. The second kappa shape index (κ2) is 7.60. The molecule has 0 spiro atoms. The molecule has 0 bridgehead atoms. The number of carbonyl (C=O) groups is 1. The quantitative estimate of drug-likeness (QED) is 0.708. The first-order chi connectivity index (χ1) is 11.3. The molecule has 2 heterocycles. The molecule has 0 aliphatic heterocycles. The largest absolute Gasteiger partial charge is 0.351 e. The molecule has 0 saturated carbocycles. The monoisotopic (exact) mass is 324 g/mol. The number of imidazole rings is 1. The van der Waals surface area contributed by atoms with Crippen LogP contribution in [0.4, 0.5) is 0 Å². The summed E-state index contributed by atoms with van der Waals surface area (Å²) in [5, 5.41) is 2.93. The molecule has 23 heavy (non-hydrogen) atoms. The van der Waals surface area contributed by atoms with Gasteiger partial charge in [0.05, 0.1) is 12.1 Å². The lowest BCUT2D eigenvalue weighted by Gasteiger charge is -2.07. The van der Waals surface area contributed by atoms with Crippen LogP contribution in [0.25, 0.3) is 5.69 Å². The third-order valence-electron chi connectivity index (χ3n) is 3.25. The molecular formula is C17H16N4OS. The molecule has 3 aromatic rings. The molecule has 5 nitrogen and oxygen atoms in total. The Morgan fingerprint density at radius 1 is 1.04 bits per heavy atom. The summed E-state index contributed by atoms with van der Waals surface area (Å²) in [6.07, 6.45) is 8.85. The van der Waals surface area contributed by atoms with Gasteiger partial charge < -0.3 is 9.88 Å². The van der Waals surface area contributed by atoms with Gasteiger partial charge in [0.2, 0.25) is 5.91 Å². The van der Waals surface area contributed by atoms with Gasteiger partial charge in [0.25, 0.3) is 0 Å². The number of hydrogen-bond donors (Lipinski definition) is 1. The van der Waals surface area contributed by atoms with E-state index >= 15 is 0 Å². The first-order valence-corrected chi connectivity index (χ1v) is 8.16. The summed E-state index contributed by atoms with van der Waals surface area (Å²) in [4.78, 5) is 20.9. The molecule has 0 saturated heterocycles. The smallest absolute Gasteiger partial charge is 0.230 e. The van der Waals surface area contributed by atoms with Gasteiger partial charge in [-0.05, 0) is 29.8 Å². The van der Waals surface area contributed by atoms with Crippen LogP contribution in [0.1, 0.15) is 5.56 Å². The lowest BCUT2D eigenvalue weighted by atomic mass is 10.2. The second-order valence-corrected chi connectivity index (χ2v) is 5.93. The van der Waals surface area contributed by atoms with Gasteiger partial charge >= 0.3 is 0 Å². The van der Waals surface area contributed by atoms with E-state index in [2.05, 4.69) is 15.3 Å². The van der Waals surface area contributed by atoms with Gasteiger partial charge in [-0.3, -0.25) is 9.78 Å².